The SMILES string of the molecule is CCNC(Cc1cc(C)ccc1C)C(C)(CC)N(C)C. The fraction of sp³-hybridized carbons (Fsp3) is 0.667. The molecule has 2 nitrogen and oxygen atoms in total. The molecule has 1 aromatic rings. The van der Waals surface area contributed by atoms with Crippen molar-refractivity contribution in [3.05, 3.63) is 34.9 Å². The third-order valence-corrected chi connectivity index (χ3v) is 4.87. The van der Waals surface area contributed by atoms with Crippen molar-refractivity contribution in [2.24, 2.45) is 0 Å². The molecule has 114 valence electrons. The maximum atomic E-state index is 3.71. The van der Waals surface area contributed by atoms with Crippen LogP contribution in [0.3, 0.4) is 0 Å². The summed E-state index contributed by atoms with van der Waals surface area (Å²) >= 11 is 0. The van der Waals surface area contributed by atoms with E-state index >= 15 is 0 Å². The Morgan fingerprint density at radius 1 is 1.20 bits per heavy atom. The van der Waals surface area contributed by atoms with Gasteiger partial charge in [0, 0.05) is 11.6 Å². The summed E-state index contributed by atoms with van der Waals surface area (Å²) in [5.41, 5.74) is 4.39. The lowest BCUT2D eigenvalue weighted by Crippen LogP contribution is -2.57. The zero-order chi connectivity index (χ0) is 15.3. The van der Waals surface area contributed by atoms with Gasteiger partial charge in [0.15, 0.2) is 0 Å². The van der Waals surface area contributed by atoms with Gasteiger partial charge >= 0.3 is 0 Å². The molecule has 1 N–H and O–H groups in total. The molecule has 0 saturated heterocycles. The highest BCUT2D eigenvalue weighted by Gasteiger charge is 2.34. The van der Waals surface area contributed by atoms with Crippen LogP contribution in [0.5, 0.6) is 0 Å². The van der Waals surface area contributed by atoms with Gasteiger partial charge in [-0.05, 0) is 65.4 Å². The lowest BCUT2D eigenvalue weighted by molar-refractivity contribution is 0.113. The largest absolute Gasteiger partial charge is 0.312 e. The van der Waals surface area contributed by atoms with Gasteiger partial charge in [-0.3, -0.25) is 0 Å². The third kappa shape index (κ3) is 3.83. The number of benzene rings is 1. The molecule has 0 spiro atoms. The predicted molar refractivity (Wildman–Crippen MR) is 89.5 cm³/mol. The van der Waals surface area contributed by atoms with Gasteiger partial charge in [0.2, 0.25) is 0 Å². The first-order valence-corrected chi connectivity index (χ1v) is 7.82. The van der Waals surface area contributed by atoms with E-state index in [0.717, 1.165) is 19.4 Å². The first-order valence-electron chi connectivity index (χ1n) is 7.82. The molecule has 2 atom stereocenters. The Bertz CT molecular complexity index is 425. The molecule has 2 unspecified atom stereocenters. The summed E-state index contributed by atoms with van der Waals surface area (Å²) in [5.74, 6) is 0. The molecule has 0 aliphatic rings. The summed E-state index contributed by atoms with van der Waals surface area (Å²) in [7, 11) is 4.38. The van der Waals surface area contributed by atoms with Crippen molar-refractivity contribution in [3.63, 3.8) is 0 Å². The zero-order valence-electron chi connectivity index (χ0n) is 14.4. The van der Waals surface area contributed by atoms with E-state index in [0.29, 0.717) is 6.04 Å². The Kier molecular flexibility index (Phi) is 6.22. The molecule has 20 heavy (non-hydrogen) atoms. The van der Waals surface area contributed by atoms with E-state index in [1.54, 1.807) is 0 Å². The zero-order valence-corrected chi connectivity index (χ0v) is 14.4. The van der Waals surface area contributed by atoms with Crippen LogP contribution in [0.15, 0.2) is 18.2 Å². The van der Waals surface area contributed by atoms with Crippen LogP contribution >= 0.6 is 0 Å². The lowest BCUT2D eigenvalue weighted by atomic mass is 9.83. The van der Waals surface area contributed by atoms with Gasteiger partial charge in [-0.15, -0.1) is 0 Å². The minimum atomic E-state index is 0.173. The number of likely N-dealkylation sites (N-methyl/N-ethyl adjacent to an activating group) is 2. The molecule has 0 aliphatic carbocycles. The molecular formula is C18H32N2. The van der Waals surface area contributed by atoms with Gasteiger partial charge in [0.1, 0.15) is 0 Å². The average Bonchev–Trinajstić information content (AvgIpc) is 2.41. The second-order valence-corrected chi connectivity index (χ2v) is 6.35. The maximum Gasteiger partial charge on any atom is 0.0328 e. The van der Waals surface area contributed by atoms with Crippen LogP contribution in [0.4, 0.5) is 0 Å². The van der Waals surface area contributed by atoms with Gasteiger partial charge in [-0.25, -0.2) is 0 Å². The highest BCUT2D eigenvalue weighted by Crippen LogP contribution is 2.25. The fourth-order valence-corrected chi connectivity index (χ4v) is 2.87. The van der Waals surface area contributed by atoms with Crippen LogP contribution in [0.25, 0.3) is 0 Å². The second kappa shape index (κ2) is 7.24. The Hall–Kier alpha value is -0.860. The number of nitrogens with zero attached hydrogens (tertiary/aromatic N) is 1. The number of nitrogens with one attached hydrogen (secondary N) is 1. The minimum Gasteiger partial charge on any atom is -0.312 e. The maximum absolute atomic E-state index is 3.71. The van der Waals surface area contributed by atoms with Crippen LogP contribution in [-0.2, 0) is 6.42 Å². The van der Waals surface area contributed by atoms with E-state index in [1.807, 2.05) is 0 Å². The first-order chi connectivity index (χ1) is 9.35. The molecule has 2 heteroatoms. The summed E-state index contributed by atoms with van der Waals surface area (Å²) in [5, 5.41) is 3.71. The summed E-state index contributed by atoms with van der Waals surface area (Å²) in [6, 6.07) is 7.25. The third-order valence-electron chi connectivity index (χ3n) is 4.87. The van der Waals surface area contributed by atoms with Crippen LogP contribution in [0, 0.1) is 13.8 Å². The molecule has 0 aromatic heterocycles. The van der Waals surface area contributed by atoms with E-state index in [1.165, 1.54) is 16.7 Å². The number of hydrogen-bond donors (Lipinski definition) is 1. The Morgan fingerprint density at radius 2 is 1.85 bits per heavy atom. The van der Waals surface area contributed by atoms with Crippen LogP contribution < -0.4 is 5.32 Å². The van der Waals surface area contributed by atoms with E-state index in [-0.39, 0.29) is 5.54 Å². The average molecular weight is 276 g/mol. The summed E-state index contributed by atoms with van der Waals surface area (Å²) in [4.78, 5) is 2.37. The molecule has 0 radical (unpaired) electrons. The van der Waals surface area contributed by atoms with E-state index in [4.69, 9.17) is 0 Å². The number of hydrogen-bond acceptors (Lipinski definition) is 2. The van der Waals surface area contributed by atoms with Crippen molar-refractivity contribution < 1.29 is 0 Å². The second-order valence-electron chi connectivity index (χ2n) is 6.35. The van der Waals surface area contributed by atoms with Crippen LogP contribution in [-0.4, -0.2) is 37.1 Å². The van der Waals surface area contributed by atoms with Gasteiger partial charge in [0.05, 0.1) is 0 Å². The van der Waals surface area contributed by atoms with Crippen LogP contribution in [0.2, 0.25) is 0 Å². The Morgan fingerprint density at radius 3 is 2.35 bits per heavy atom. The van der Waals surface area contributed by atoms with Crippen molar-refractivity contribution in [1.82, 2.24) is 10.2 Å². The Labute approximate surface area is 125 Å². The van der Waals surface area contributed by atoms with E-state index in [2.05, 4.69) is 77.1 Å². The van der Waals surface area contributed by atoms with Crippen molar-refractivity contribution in [2.75, 3.05) is 20.6 Å². The standard InChI is InChI=1S/C18H32N2/c1-8-18(5,20(6)7)17(19-9-2)13-16-12-14(3)10-11-15(16)4/h10-12,17,19H,8-9,13H2,1-7H3. The molecule has 0 amide bonds. The number of rotatable bonds is 7. The molecule has 0 bridgehead atoms. The quantitative estimate of drug-likeness (QED) is 0.819. The molecular weight excluding hydrogens is 244 g/mol. The smallest absolute Gasteiger partial charge is 0.0328 e. The van der Waals surface area contributed by atoms with E-state index in [9.17, 15) is 0 Å². The van der Waals surface area contributed by atoms with Gasteiger partial charge in [-0.1, -0.05) is 37.6 Å². The van der Waals surface area contributed by atoms with Crippen molar-refractivity contribution in [3.8, 4) is 0 Å². The first kappa shape index (κ1) is 17.2. The lowest BCUT2D eigenvalue weighted by Gasteiger charge is -2.43. The topological polar surface area (TPSA) is 15.3 Å². The van der Waals surface area contributed by atoms with Gasteiger partial charge in [-0.2, -0.15) is 0 Å². The molecule has 1 aromatic carbocycles. The molecule has 0 aliphatic heterocycles. The molecule has 1 rings (SSSR count). The van der Waals surface area contributed by atoms with E-state index < -0.39 is 0 Å². The summed E-state index contributed by atoms with van der Waals surface area (Å²) in [6.45, 7) is 12.3. The predicted octanol–water partition coefficient (Wildman–Crippen LogP) is 3.55. The fourth-order valence-electron chi connectivity index (χ4n) is 2.87. The van der Waals surface area contributed by atoms with Crippen molar-refractivity contribution in [1.29, 1.82) is 0 Å². The normalized spacial score (nSPS) is 16.2. The van der Waals surface area contributed by atoms with Crippen LogP contribution in [0.1, 0.15) is 43.9 Å². The highest BCUT2D eigenvalue weighted by atomic mass is 15.2. The summed E-state index contributed by atoms with van der Waals surface area (Å²) < 4.78 is 0. The van der Waals surface area contributed by atoms with Crippen molar-refractivity contribution >= 4 is 0 Å². The monoisotopic (exact) mass is 276 g/mol. The molecule has 0 heterocycles. The molecule has 0 fully saturated rings. The minimum absolute atomic E-state index is 0.173. The highest BCUT2D eigenvalue weighted by molar-refractivity contribution is 5.31. The summed E-state index contributed by atoms with van der Waals surface area (Å²) in [6.07, 6.45) is 2.23. The van der Waals surface area contributed by atoms with Crippen molar-refractivity contribution in [2.45, 2.75) is 59.0 Å². The molecule has 0 saturated carbocycles. The Balaban J connectivity index is 3.05. The van der Waals surface area contributed by atoms with Gasteiger partial charge in [0.25, 0.3) is 0 Å². The number of aryl methyl sites for hydroxylation is 2. The van der Waals surface area contributed by atoms with Gasteiger partial charge < -0.3 is 10.2 Å².